The van der Waals surface area contributed by atoms with Crippen molar-refractivity contribution in [3.05, 3.63) is 0 Å². The van der Waals surface area contributed by atoms with Crippen molar-refractivity contribution in [2.45, 2.75) is 52.9 Å². The second kappa shape index (κ2) is 9.05. The van der Waals surface area contributed by atoms with Crippen molar-refractivity contribution in [2.24, 2.45) is 0 Å². The molecule has 0 aromatic rings. The molecule has 0 aliphatic rings. The summed E-state index contributed by atoms with van der Waals surface area (Å²) in [5, 5.41) is 0. The lowest BCUT2D eigenvalue weighted by molar-refractivity contribution is 0.295. The molecule has 0 aliphatic carbocycles. The summed E-state index contributed by atoms with van der Waals surface area (Å²) in [4.78, 5) is 2.51. The van der Waals surface area contributed by atoms with Gasteiger partial charge in [0.15, 0.2) is 0 Å². The third-order valence-corrected chi connectivity index (χ3v) is 2.47. The molecular weight excluding hydrogens is 146 g/mol. The highest BCUT2D eigenvalue weighted by atomic mass is 15.1. The number of unbranched alkanes of at least 4 members (excludes halogenated alkanes) is 4. The van der Waals surface area contributed by atoms with Crippen LogP contribution in [0.5, 0.6) is 0 Å². The van der Waals surface area contributed by atoms with Crippen LogP contribution in [0.15, 0.2) is 0 Å². The molecular formula is C11H25N. The third kappa shape index (κ3) is 6.66. The zero-order chi connectivity index (χ0) is 9.23. The van der Waals surface area contributed by atoms with E-state index in [1.165, 1.54) is 51.7 Å². The summed E-state index contributed by atoms with van der Waals surface area (Å²) in [7, 11) is 0. The molecule has 0 fully saturated rings. The number of nitrogens with zero attached hydrogens (tertiary/aromatic N) is 1. The van der Waals surface area contributed by atoms with Crippen molar-refractivity contribution in [2.75, 3.05) is 19.6 Å². The van der Waals surface area contributed by atoms with Gasteiger partial charge in [0.2, 0.25) is 0 Å². The largest absolute Gasteiger partial charge is 0.304 e. The average Bonchev–Trinajstić information content (AvgIpc) is 2.11. The molecule has 0 atom stereocenters. The van der Waals surface area contributed by atoms with Crippen molar-refractivity contribution in [3.63, 3.8) is 0 Å². The number of rotatable bonds is 8. The zero-order valence-electron chi connectivity index (χ0n) is 9.10. The van der Waals surface area contributed by atoms with Crippen LogP contribution in [0.1, 0.15) is 52.9 Å². The van der Waals surface area contributed by atoms with Crippen LogP contribution in [0.2, 0.25) is 0 Å². The van der Waals surface area contributed by atoms with Crippen LogP contribution < -0.4 is 0 Å². The van der Waals surface area contributed by atoms with E-state index in [0.29, 0.717) is 0 Å². The van der Waals surface area contributed by atoms with Crippen LogP contribution in [0.4, 0.5) is 0 Å². The van der Waals surface area contributed by atoms with E-state index in [2.05, 4.69) is 25.7 Å². The quantitative estimate of drug-likeness (QED) is 0.506. The van der Waals surface area contributed by atoms with Crippen molar-refractivity contribution in [1.82, 2.24) is 4.90 Å². The van der Waals surface area contributed by atoms with Gasteiger partial charge in [-0.05, 0) is 26.1 Å². The lowest BCUT2D eigenvalue weighted by Crippen LogP contribution is -2.23. The van der Waals surface area contributed by atoms with E-state index in [9.17, 15) is 0 Å². The molecule has 0 aromatic heterocycles. The lowest BCUT2D eigenvalue weighted by Gasteiger charge is -2.17. The first-order valence-corrected chi connectivity index (χ1v) is 5.57. The van der Waals surface area contributed by atoms with Gasteiger partial charge in [0.25, 0.3) is 0 Å². The fourth-order valence-electron chi connectivity index (χ4n) is 1.48. The average molecular weight is 171 g/mol. The molecule has 1 heteroatoms. The van der Waals surface area contributed by atoms with Crippen LogP contribution in [-0.4, -0.2) is 24.5 Å². The zero-order valence-corrected chi connectivity index (χ0v) is 9.10. The molecule has 0 bridgehead atoms. The van der Waals surface area contributed by atoms with Gasteiger partial charge in [-0.2, -0.15) is 0 Å². The Morgan fingerprint density at radius 1 is 0.750 bits per heavy atom. The minimum Gasteiger partial charge on any atom is -0.304 e. The number of hydrogen-bond acceptors (Lipinski definition) is 1. The van der Waals surface area contributed by atoms with E-state index in [1.807, 2.05) is 0 Å². The standard InChI is InChI=1S/C11H25N/c1-4-7-8-9-10-11-12(5-2)6-3/h4-11H2,1-3H3. The molecule has 0 saturated heterocycles. The normalized spacial score (nSPS) is 11.0. The summed E-state index contributed by atoms with van der Waals surface area (Å²) in [6.45, 7) is 10.5. The Morgan fingerprint density at radius 2 is 1.33 bits per heavy atom. The monoisotopic (exact) mass is 171 g/mol. The highest BCUT2D eigenvalue weighted by Gasteiger charge is 1.96. The highest BCUT2D eigenvalue weighted by molar-refractivity contribution is 4.52. The van der Waals surface area contributed by atoms with Crippen LogP contribution >= 0.6 is 0 Å². The molecule has 12 heavy (non-hydrogen) atoms. The summed E-state index contributed by atoms with van der Waals surface area (Å²) in [6, 6.07) is 0. The Bertz CT molecular complexity index is 77.1. The maximum atomic E-state index is 2.51. The van der Waals surface area contributed by atoms with E-state index in [0.717, 1.165) is 0 Å². The summed E-state index contributed by atoms with van der Waals surface area (Å²) in [5.74, 6) is 0. The second-order valence-corrected chi connectivity index (χ2v) is 3.44. The predicted molar refractivity (Wildman–Crippen MR) is 56.5 cm³/mol. The Hall–Kier alpha value is -0.0400. The van der Waals surface area contributed by atoms with E-state index in [4.69, 9.17) is 0 Å². The van der Waals surface area contributed by atoms with E-state index in [1.54, 1.807) is 0 Å². The SMILES string of the molecule is CCCCCCCN(CC)CC. The van der Waals surface area contributed by atoms with Gasteiger partial charge < -0.3 is 4.90 Å². The van der Waals surface area contributed by atoms with Crippen molar-refractivity contribution < 1.29 is 0 Å². The molecule has 0 rings (SSSR count). The van der Waals surface area contributed by atoms with Gasteiger partial charge in [-0.15, -0.1) is 0 Å². The summed E-state index contributed by atoms with van der Waals surface area (Å²) < 4.78 is 0. The fourth-order valence-corrected chi connectivity index (χ4v) is 1.48. The van der Waals surface area contributed by atoms with Gasteiger partial charge in [0.05, 0.1) is 0 Å². The third-order valence-electron chi connectivity index (χ3n) is 2.47. The minimum atomic E-state index is 1.21. The molecule has 74 valence electrons. The molecule has 0 unspecified atom stereocenters. The van der Waals surface area contributed by atoms with Crippen LogP contribution in [-0.2, 0) is 0 Å². The maximum absolute atomic E-state index is 2.51. The van der Waals surface area contributed by atoms with E-state index >= 15 is 0 Å². The van der Waals surface area contributed by atoms with Crippen molar-refractivity contribution in [1.29, 1.82) is 0 Å². The van der Waals surface area contributed by atoms with Crippen LogP contribution in [0.3, 0.4) is 0 Å². The van der Waals surface area contributed by atoms with Crippen LogP contribution in [0, 0.1) is 0 Å². The molecule has 0 aliphatic heterocycles. The topological polar surface area (TPSA) is 3.24 Å². The van der Waals surface area contributed by atoms with Crippen molar-refractivity contribution in [3.8, 4) is 0 Å². The smallest absolute Gasteiger partial charge is 0.00190 e. The lowest BCUT2D eigenvalue weighted by atomic mass is 10.1. The molecule has 1 nitrogen and oxygen atoms in total. The van der Waals surface area contributed by atoms with Gasteiger partial charge in [0.1, 0.15) is 0 Å². The molecule has 0 spiro atoms. The Labute approximate surface area is 78.1 Å². The van der Waals surface area contributed by atoms with Gasteiger partial charge in [-0.3, -0.25) is 0 Å². The summed E-state index contributed by atoms with van der Waals surface area (Å²) in [5.41, 5.74) is 0. The number of hydrogen-bond donors (Lipinski definition) is 0. The van der Waals surface area contributed by atoms with Gasteiger partial charge >= 0.3 is 0 Å². The molecule has 0 aromatic carbocycles. The minimum absolute atomic E-state index is 1.21. The fraction of sp³-hybridized carbons (Fsp3) is 1.00. The Kier molecular flexibility index (Phi) is 9.02. The second-order valence-electron chi connectivity index (χ2n) is 3.44. The summed E-state index contributed by atoms with van der Waals surface area (Å²) >= 11 is 0. The van der Waals surface area contributed by atoms with E-state index < -0.39 is 0 Å². The first-order chi connectivity index (χ1) is 5.85. The van der Waals surface area contributed by atoms with Crippen molar-refractivity contribution >= 4 is 0 Å². The molecule has 0 saturated carbocycles. The highest BCUT2D eigenvalue weighted by Crippen LogP contribution is 2.03. The summed E-state index contributed by atoms with van der Waals surface area (Å²) in [6.07, 6.45) is 7.01. The maximum Gasteiger partial charge on any atom is -0.00190 e. The van der Waals surface area contributed by atoms with Gasteiger partial charge in [-0.1, -0.05) is 46.5 Å². The van der Waals surface area contributed by atoms with Crippen LogP contribution in [0.25, 0.3) is 0 Å². The van der Waals surface area contributed by atoms with Gasteiger partial charge in [0, 0.05) is 0 Å². The molecule has 0 radical (unpaired) electrons. The predicted octanol–water partition coefficient (Wildman–Crippen LogP) is 3.30. The van der Waals surface area contributed by atoms with E-state index in [-0.39, 0.29) is 0 Å². The molecule has 0 amide bonds. The Morgan fingerprint density at radius 3 is 1.83 bits per heavy atom. The molecule has 0 N–H and O–H groups in total. The Balaban J connectivity index is 3.06. The first-order valence-electron chi connectivity index (χ1n) is 5.57. The van der Waals surface area contributed by atoms with Gasteiger partial charge in [-0.25, -0.2) is 0 Å². The molecule has 0 heterocycles. The first kappa shape index (κ1) is 12.0.